The van der Waals surface area contributed by atoms with Crippen molar-refractivity contribution in [1.82, 2.24) is 0 Å². The van der Waals surface area contributed by atoms with Crippen molar-refractivity contribution in [3.63, 3.8) is 0 Å². The van der Waals surface area contributed by atoms with Gasteiger partial charge in [-0.2, -0.15) is 7.05 Å². The number of nitrogens with zero attached hydrogens (tertiary/aromatic N) is 1. The van der Waals surface area contributed by atoms with E-state index in [4.69, 9.17) is 4.74 Å². The molecule has 0 fully saturated rings. The van der Waals surface area contributed by atoms with Gasteiger partial charge in [-0.25, -0.2) is 0 Å². The molecule has 3 heteroatoms. The number of hydrogen-bond acceptors (Lipinski definition) is 1. The van der Waals surface area contributed by atoms with E-state index in [9.17, 15) is 0 Å². The summed E-state index contributed by atoms with van der Waals surface area (Å²) in [6.45, 7) is 12.9. The van der Waals surface area contributed by atoms with E-state index in [0.717, 1.165) is 26.2 Å². The molecule has 0 aromatic heterocycles. The largest absolute Gasteiger partial charge is 0.665 e. The second kappa shape index (κ2) is 36.3. The number of rotatable bonds is 7. The smallest absolute Gasteiger partial charge is 0.0465 e. The Morgan fingerprint density at radius 3 is 1.80 bits per heavy atom. The summed E-state index contributed by atoms with van der Waals surface area (Å²) in [5, 5.41) is 3.97. The van der Waals surface area contributed by atoms with E-state index < -0.39 is 0 Å². The number of unbranched alkanes of at least 4 members (excludes halogenated alkanes) is 1. The average molecular weight is 293 g/mol. The second-order valence-corrected chi connectivity index (χ2v) is 2.36. The third-order valence-corrected chi connectivity index (χ3v) is 1.31. The molecule has 0 aliphatic heterocycles. The van der Waals surface area contributed by atoms with E-state index in [2.05, 4.69) is 12.2 Å². The maximum absolute atomic E-state index is 5.32. The summed E-state index contributed by atoms with van der Waals surface area (Å²) in [5.41, 5.74) is 0. The topological polar surface area (TPSA) is 23.3 Å². The summed E-state index contributed by atoms with van der Waals surface area (Å²) >= 11 is 0. The molecule has 0 bridgehead atoms. The summed E-state index contributed by atoms with van der Waals surface area (Å²) in [6, 6.07) is 0. The van der Waals surface area contributed by atoms with Crippen LogP contribution in [0.1, 0.15) is 53.9 Å². The third-order valence-electron chi connectivity index (χ3n) is 1.31. The van der Waals surface area contributed by atoms with Crippen LogP contribution in [0.4, 0.5) is 0 Å². The van der Waals surface area contributed by atoms with Gasteiger partial charge in [0.2, 0.25) is 0 Å². The van der Waals surface area contributed by atoms with Crippen molar-refractivity contribution in [3.8, 4) is 0 Å². The standard InChI is InChI=1S/C8H18NO.2C2H6.Y/c1-3-4-7-10-8-5-6-9-2;2*1-2;/h3-8H2,1-2H3;2*1-2H3;/q-1;;;. The van der Waals surface area contributed by atoms with Crippen molar-refractivity contribution in [3.05, 3.63) is 5.32 Å². The van der Waals surface area contributed by atoms with Gasteiger partial charge in [0.15, 0.2) is 0 Å². The van der Waals surface area contributed by atoms with Crippen molar-refractivity contribution in [2.24, 2.45) is 0 Å². The van der Waals surface area contributed by atoms with Gasteiger partial charge in [0, 0.05) is 45.9 Å². The Morgan fingerprint density at radius 2 is 1.40 bits per heavy atom. The van der Waals surface area contributed by atoms with Crippen LogP contribution < -0.4 is 0 Å². The Kier molecular flexibility index (Phi) is 60.5. The van der Waals surface area contributed by atoms with Crippen molar-refractivity contribution in [1.29, 1.82) is 0 Å². The Bertz CT molecular complexity index is 55.6. The van der Waals surface area contributed by atoms with Crippen LogP contribution in [0.2, 0.25) is 0 Å². The predicted octanol–water partition coefficient (Wildman–Crippen LogP) is 4.25. The number of hydrogen-bond donors (Lipinski definition) is 0. The van der Waals surface area contributed by atoms with Crippen LogP contribution in [-0.2, 0) is 37.4 Å². The van der Waals surface area contributed by atoms with Crippen molar-refractivity contribution in [2.75, 3.05) is 26.8 Å². The van der Waals surface area contributed by atoms with E-state index in [-0.39, 0.29) is 32.7 Å². The summed E-state index contributed by atoms with van der Waals surface area (Å²) in [6.07, 6.45) is 3.47. The molecule has 0 heterocycles. The maximum atomic E-state index is 5.32. The Labute approximate surface area is 123 Å². The molecule has 0 aromatic carbocycles. The average Bonchev–Trinajstić information content (AvgIpc) is 2.29. The van der Waals surface area contributed by atoms with Gasteiger partial charge < -0.3 is 10.1 Å². The van der Waals surface area contributed by atoms with Gasteiger partial charge in [0.1, 0.15) is 0 Å². The SMILES string of the molecule is CC.CC.CCCCOCCC[N-]C.[Y]. The summed E-state index contributed by atoms with van der Waals surface area (Å²) in [5.74, 6) is 0. The van der Waals surface area contributed by atoms with Crippen molar-refractivity contribution >= 4 is 0 Å². The molecule has 93 valence electrons. The molecular weight excluding hydrogens is 263 g/mol. The molecule has 0 amide bonds. The quantitative estimate of drug-likeness (QED) is 0.644. The van der Waals surface area contributed by atoms with Gasteiger partial charge in [-0.1, -0.05) is 41.0 Å². The zero-order valence-corrected chi connectivity index (χ0v) is 14.5. The Hall–Kier alpha value is 1.02. The predicted molar refractivity (Wildman–Crippen MR) is 67.2 cm³/mol. The first-order valence-corrected chi connectivity index (χ1v) is 6.05. The second-order valence-electron chi connectivity index (χ2n) is 2.36. The van der Waals surface area contributed by atoms with Crippen LogP contribution in [0.3, 0.4) is 0 Å². The maximum Gasteiger partial charge on any atom is 0.0465 e. The molecule has 0 aliphatic carbocycles. The fourth-order valence-corrected chi connectivity index (χ4v) is 0.673. The van der Waals surface area contributed by atoms with Gasteiger partial charge in [-0.3, -0.25) is 0 Å². The minimum absolute atomic E-state index is 0. The molecule has 2 nitrogen and oxygen atoms in total. The van der Waals surface area contributed by atoms with Gasteiger partial charge in [0.25, 0.3) is 0 Å². The molecule has 0 N–H and O–H groups in total. The van der Waals surface area contributed by atoms with Crippen molar-refractivity contribution < 1.29 is 37.4 Å². The van der Waals surface area contributed by atoms with E-state index in [1.807, 2.05) is 34.7 Å². The summed E-state index contributed by atoms with van der Waals surface area (Å²) < 4.78 is 5.32. The van der Waals surface area contributed by atoms with Crippen LogP contribution in [0.25, 0.3) is 5.32 Å². The zero-order chi connectivity index (χ0) is 11.7. The molecule has 0 aromatic rings. The van der Waals surface area contributed by atoms with Gasteiger partial charge >= 0.3 is 0 Å². The molecule has 0 spiro atoms. The van der Waals surface area contributed by atoms with Crippen LogP contribution >= 0.6 is 0 Å². The minimum atomic E-state index is 0. The fraction of sp³-hybridized carbons (Fsp3) is 1.00. The molecule has 0 aliphatic rings. The van der Waals surface area contributed by atoms with Crippen LogP contribution in [-0.4, -0.2) is 26.8 Å². The Balaban J connectivity index is -0.000000107. The zero-order valence-electron chi connectivity index (χ0n) is 11.7. The molecule has 0 saturated carbocycles. The van der Waals surface area contributed by atoms with E-state index in [1.165, 1.54) is 12.8 Å². The van der Waals surface area contributed by atoms with E-state index >= 15 is 0 Å². The van der Waals surface area contributed by atoms with Gasteiger partial charge in [-0.05, 0) is 12.8 Å². The molecule has 0 unspecified atom stereocenters. The van der Waals surface area contributed by atoms with Gasteiger partial charge in [-0.15, -0.1) is 6.54 Å². The van der Waals surface area contributed by atoms with Crippen LogP contribution in [0.15, 0.2) is 0 Å². The molecule has 0 saturated heterocycles. The van der Waals surface area contributed by atoms with Gasteiger partial charge in [0.05, 0.1) is 0 Å². The van der Waals surface area contributed by atoms with E-state index in [0.29, 0.717) is 0 Å². The van der Waals surface area contributed by atoms with Crippen molar-refractivity contribution in [2.45, 2.75) is 53.9 Å². The number of ether oxygens (including phenoxy) is 1. The molecule has 0 rings (SSSR count). The molecular formula is C12H30NOY-. The summed E-state index contributed by atoms with van der Waals surface area (Å²) in [7, 11) is 1.84. The molecule has 1 radical (unpaired) electrons. The summed E-state index contributed by atoms with van der Waals surface area (Å²) in [4.78, 5) is 0. The normalized spacial score (nSPS) is 7.60. The first-order chi connectivity index (χ1) is 6.91. The first kappa shape index (κ1) is 25.0. The monoisotopic (exact) mass is 293 g/mol. The molecule has 0 atom stereocenters. The first-order valence-electron chi connectivity index (χ1n) is 6.05. The fourth-order valence-electron chi connectivity index (χ4n) is 0.673. The molecule has 15 heavy (non-hydrogen) atoms. The van der Waals surface area contributed by atoms with Crippen LogP contribution in [0.5, 0.6) is 0 Å². The van der Waals surface area contributed by atoms with E-state index in [1.54, 1.807) is 0 Å². The Morgan fingerprint density at radius 1 is 0.933 bits per heavy atom. The minimum Gasteiger partial charge on any atom is -0.665 e. The third kappa shape index (κ3) is 39.6. The van der Waals surface area contributed by atoms with Crippen LogP contribution in [0, 0.1) is 0 Å².